The number of thiazole rings is 1. The van der Waals surface area contributed by atoms with E-state index in [1.54, 1.807) is 12.3 Å². The molecule has 9 heteroatoms. The first-order chi connectivity index (χ1) is 14.4. The van der Waals surface area contributed by atoms with Gasteiger partial charge in [-0.2, -0.15) is 0 Å². The molecule has 0 aliphatic carbocycles. The molecule has 0 saturated heterocycles. The predicted octanol–water partition coefficient (Wildman–Crippen LogP) is 3.19. The number of esters is 2. The zero-order valence-electron chi connectivity index (χ0n) is 18.1. The van der Waals surface area contributed by atoms with Gasteiger partial charge in [0.15, 0.2) is 11.5 Å². The lowest BCUT2D eigenvalue weighted by Crippen LogP contribution is -2.48. The molecule has 8 nitrogen and oxygen atoms in total. The van der Waals surface area contributed by atoms with E-state index in [4.69, 9.17) is 18.9 Å². The Balaban J connectivity index is 2.02. The summed E-state index contributed by atoms with van der Waals surface area (Å²) < 4.78 is 20.8. The van der Waals surface area contributed by atoms with Crippen molar-refractivity contribution in [1.82, 2.24) is 10.3 Å². The summed E-state index contributed by atoms with van der Waals surface area (Å²) in [5.74, 6) is 0.181. The maximum absolute atomic E-state index is 12.7. The molecule has 0 radical (unpaired) electrons. The highest BCUT2D eigenvalue weighted by Gasteiger charge is 2.44. The molecule has 1 aliphatic heterocycles. The van der Waals surface area contributed by atoms with Crippen LogP contribution in [0.15, 0.2) is 29.2 Å². The van der Waals surface area contributed by atoms with Crippen LogP contribution in [0.4, 0.5) is 0 Å². The maximum Gasteiger partial charge on any atom is 0.342 e. The number of rotatable bonds is 11. The quantitative estimate of drug-likeness (QED) is 0.416. The molecule has 2 atom stereocenters. The molecule has 0 amide bonds. The molecule has 2 rings (SSSR count). The van der Waals surface area contributed by atoms with E-state index in [1.807, 2.05) is 12.3 Å². The number of methoxy groups -OCH3 is 3. The van der Waals surface area contributed by atoms with Gasteiger partial charge < -0.3 is 24.3 Å². The van der Waals surface area contributed by atoms with Crippen LogP contribution in [0.25, 0.3) is 0 Å². The molecule has 2 heterocycles. The summed E-state index contributed by atoms with van der Waals surface area (Å²) in [5.41, 5.74) is -0.713. The van der Waals surface area contributed by atoms with Crippen LogP contribution >= 0.6 is 11.3 Å². The number of unbranched alkanes of at least 4 members (excludes halogenated alkanes) is 2. The zero-order valence-corrected chi connectivity index (χ0v) is 19.0. The molecule has 0 bridgehead atoms. The van der Waals surface area contributed by atoms with Crippen LogP contribution < -0.4 is 5.32 Å². The minimum atomic E-state index is -1.27. The minimum Gasteiger partial charge on any atom is -0.493 e. The largest absolute Gasteiger partial charge is 0.493 e. The van der Waals surface area contributed by atoms with Crippen LogP contribution in [0.2, 0.25) is 0 Å². The van der Waals surface area contributed by atoms with E-state index in [1.165, 1.54) is 39.6 Å². The van der Waals surface area contributed by atoms with Gasteiger partial charge in [0, 0.05) is 24.6 Å². The first kappa shape index (κ1) is 23.7. The fraction of sp³-hybridized carbons (Fsp3) is 0.571. The molecule has 2 unspecified atom stereocenters. The number of carbonyl (C=O) groups excluding carboxylic acids is 2. The summed E-state index contributed by atoms with van der Waals surface area (Å²) in [7, 11) is 4.38. The summed E-state index contributed by atoms with van der Waals surface area (Å²) >= 11 is 1.51. The van der Waals surface area contributed by atoms with E-state index in [0.717, 1.165) is 37.1 Å². The maximum atomic E-state index is 12.7. The Hall–Kier alpha value is -2.55. The Morgan fingerprint density at radius 3 is 2.53 bits per heavy atom. The fourth-order valence-corrected chi connectivity index (χ4v) is 4.14. The van der Waals surface area contributed by atoms with Crippen molar-refractivity contribution in [2.75, 3.05) is 21.3 Å². The van der Waals surface area contributed by atoms with Crippen LogP contribution in [0.1, 0.15) is 50.2 Å². The van der Waals surface area contributed by atoms with Crippen LogP contribution in [-0.4, -0.2) is 44.4 Å². The lowest BCUT2D eigenvalue weighted by molar-refractivity contribution is -0.147. The average molecular weight is 439 g/mol. The third-order valence-corrected chi connectivity index (χ3v) is 5.70. The molecular weight excluding hydrogens is 408 g/mol. The minimum absolute atomic E-state index is 0.0573. The molecule has 166 valence electrons. The second kappa shape index (κ2) is 11.0. The highest BCUT2D eigenvalue weighted by molar-refractivity contribution is 7.09. The number of aromatic nitrogens is 1. The van der Waals surface area contributed by atoms with Gasteiger partial charge in [0.05, 0.1) is 38.1 Å². The fourth-order valence-electron chi connectivity index (χ4n) is 3.24. The molecule has 1 N–H and O–H groups in total. The summed E-state index contributed by atoms with van der Waals surface area (Å²) in [6, 6.07) is 0. The second-order valence-electron chi connectivity index (χ2n) is 7.02. The Morgan fingerprint density at radius 2 is 1.90 bits per heavy atom. The third kappa shape index (κ3) is 5.75. The predicted molar refractivity (Wildman–Crippen MR) is 113 cm³/mol. The summed E-state index contributed by atoms with van der Waals surface area (Å²) in [6.07, 6.45) is 7.76. The number of carbonyl (C=O) groups is 2. The number of ether oxygens (including phenoxy) is 4. The molecule has 1 aromatic rings. The van der Waals surface area contributed by atoms with Crippen molar-refractivity contribution in [2.24, 2.45) is 0 Å². The van der Waals surface area contributed by atoms with Crippen molar-refractivity contribution in [2.45, 2.75) is 57.6 Å². The summed E-state index contributed by atoms with van der Waals surface area (Å²) in [5, 5.41) is 5.87. The second-order valence-corrected chi connectivity index (χ2v) is 7.96. The highest BCUT2D eigenvalue weighted by Crippen LogP contribution is 2.33. The van der Waals surface area contributed by atoms with Gasteiger partial charge in [-0.05, 0) is 32.6 Å². The van der Waals surface area contributed by atoms with Crippen LogP contribution in [0.5, 0.6) is 0 Å². The van der Waals surface area contributed by atoms with Crippen LogP contribution in [0, 0.1) is 0 Å². The Bertz CT molecular complexity index is 803. The molecule has 0 fully saturated rings. The van der Waals surface area contributed by atoms with Crippen molar-refractivity contribution >= 4 is 23.3 Å². The van der Waals surface area contributed by atoms with E-state index < -0.39 is 11.5 Å². The van der Waals surface area contributed by atoms with Gasteiger partial charge in [-0.1, -0.05) is 6.42 Å². The van der Waals surface area contributed by atoms with Crippen molar-refractivity contribution in [3.63, 3.8) is 0 Å². The molecule has 1 aliphatic rings. The van der Waals surface area contributed by atoms with Crippen molar-refractivity contribution in [3.05, 3.63) is 39.9 Å². The Labute approximate surface area is 181 Å². The smallest absolute Gasteiger partial charge is 0.342 e. The number of dihydropyridines is 1. The van der Waals surface area contributed by atoms with Gasteiger partial charge in [-0.15, -0.1) is 11.3 Å². The molecule has 30 heavy (non-hydrogen) atoms. The summed E-state index contributed by atoms with van der Waals surface area (Å²) in [6.45, 7) is 3.33. The Kier molecular flexibility index (Phi) is 8.71. The molecular formula is C21H30N2O6S. The first-order valence-corrected chi connectivity index (χ1v) is 10.7. The monoisotopic (exact) mass is 438 g/mol. The lowest BCUT2D eigenvalue weighted by Gasteiger charge is -2.31. The van der Waals surface area contributed by atoms with E-state index in [9.17, 15) is 9.59 Å². The average Bonchev–Trinajstić information content (AvgIpc) is 3.21. The zero-order chi connectivity index (χ0) is 22.1. The van der Waals surface area contributed by atoms with Gasteiger partial charge in [0.25, 0.3) is 0 Å². The van der Waals surface area contributed by atoms with Gasteiger partial charge in [0.2, 0.25) is 5.54 Å². The number of hydrogen-bond donors (Lipinski definition) is 1. The van der Waals surface area contributed by atoms with Gasteiger partial charge in [0.1, 0.15) is 0 Å². The van der Waals surface area contributed by atoms with E-state index in [-0.39, 0.29) is 12.1 Å². The van der Waals surface area contributed by atoms with Gasteiger partial charge in [-0.25, -0.2) is 9.78 Å². The van der Waals surface area contributed by atoms with Crippen molar-refractivity contribution in [1.29, 1.82) is 0 Å². The number of nitrogens with zero attached hydrogens (tertiary/aromatic N) is 1. The standard InChI is InChI=1S/C21H30N2O6S/c1-14(29-15(2)24)9-7-6-8-10-19-23-18(13-30-19)21(20(25)28-5)11-16(26-3)17(27-4)12-22-21/h11-14,22H,6-10H2,1-5H3. The number of aryl methyl sites for hydroxylation is 1. The van der Waals surface area contributed by atoms with Crippen molar-refractivity contribution in [3.8, 4) is 0 Å². The third-order valence-electron chi connectivity index (χ3n) is 4.79. The SMILES string of the molecule is COC(=O)C1(c2csc(CCCCCC(C)OC(C)=O)n2)C=C(OC)C(OC)=CN1. The van der Waals surface area contributed by atoms with E-state index >= 15 is 0 Å². The molecule has 0 saturated carbocycles. The summed E-state index contributed by atoms with van der Waals surface area (Å²) in [4.78, 5) is 28.3. The highest BCUT2D eigenvalue weighted by atomic mass is 32.1. The molecule has 0 spiro atoms. The Morgan fingerprint density at radius 1 is 1.17 bits per heavy atom. The lowest BCUT2D eigenvalue weighted by atomic mass is 9.92. The number of nitrogens with one attached hydrogen (secondary N) is 1. The van der Waals surface area contributed by atoms with Gasteiger partial charge >= 0.3 is 11.9 Å². The molecule has 0 aromatic carbocycles. The molecule has 1 aromatic heterocycles. The van der Waals surface area contributed by atoms with E-state index in [2.05, 4.69) is 10.3 Å². The van der Waals surface area contributed by atoms with Gasteiger partial charge in [-0.3, -0.25) is 4.79 Å². The normalized spacial score (nSPS) is 19.1. The first-order valence-electron chi connectivity index (χ1n) is 9.85. The van der Waals surface area contributed by atoms with Crippen LogP contribution in [0.3, 0.4) is 0 Å². The van der Waals surface area contributed by atoms with Crippen molar-refractivity contribution < 1.29 is 28.5 Å². The number of hydrogen-bond acceptors (Lipinski definition) is 9. The van der Waals surface area contributed by atoms with Crippen LogP contribution in [-0.2, 0) is 40.5 Å². The topological polar surface area (TPSA) is 96.0 Å². The van der Waals surface area contributed by atoms with E-state index in [0.29, 0.717) is 17.2 Å².